The summed E-state index contributed by atoms with van der Waals surface area (Å²) in [4.78, 5) is 4.52. The van der Waals surface area contributed by atoms with Crippen LogP contribution < -0.4 is 5.32 Å². The Hall–Kier alpha value is 0.0700. The van der Waals surface area contributed by atoms with Gasteiger partial charge in [-0.2, -0.15) is 0 Å². The highest BCUT2D eigenvalue weighted by molar-refractivity contribution is 9.11. The van der Waals surface area contributed by atoms with Crippen molar-refractivity contribution < 1.29 is 0 Å². The van der Waals surface area contributed by atoms with Crippen molar-refractivity contribution in [2.75, 3.05) is 6.54 Å². The molecule has 1 heterocycles. The van der Waals surface area contributed by atoms with E-state index in [2.05, 4.69) is 55.2 Å². The van der Waals surface area contributed by atoms with Crippen LogP contribution in [0.1, 0.15) is 37.9 Å². The van der Waals surface area contributed by atoms with Crippen molar-refractivity contribution in [3.8, 4) is 0 Å². The number of rotatable bonds is 5. The minimum absolute atomic E-state index is 0.389. The van der Waals surface area contributed by atoms with E-state index < -0.39 is 0 Å². The monoisotopic (exact) mass is 346 g/mol. The average Bonchev–Trinajstić information content (AvgIpc) is 3.01. The first kappa shape index (κ1) is 12.5. The molecule has 16 heavy (non-hydrogen) atoms. The second kappa shape index (κ2) is 5.61. The van der Waals surface area contributed by atoms with Crippen LogP contribution in [-0.4, -0.2) is 11.5 Å². The molecule has 1 aliphatic carbocycles. The van der Waals surface area contributed by atoms with E-state index in [1.165, 1.54) is 19.3 Å². The Bertz CT molecular complexity index is 364. The molecule has 2 nitrogen and oxygen atoms in total. The Kier molecular flexibility index (Phi) is 4.39. The molecule has 0 bridgehead atoms. The fourth-order valence-electron chi connectivity index (χ4n) is 1.91. The summed E-state index contributed by atoms with van der Waals surface area (Å²) in [5.41, 5.74) is 1.14. The van der Waals surface area contributed by atoms with E-state index in [1.807, 2.05) is 6.20 Å². The first-order valence-electron chi connectivity index (χ1n) is 5.75. The van der Waals surface area contributed by atoms with Crippen molar-refractivity contribution in [3.63, 3.8) is 0 Å². The molecule has 1 unspecified atom stereocenters. The first-order chi connectivity index (χ1) is 7.70. The summed E-state index contributed by atoms with van der Waals surface area (Å²) in [6.07, 6.45) is 5.85. The Morgan fingerprint density at radius 1 is 1.50 bits per heavy atom. The summed E-state index contributed by atoms with van der Waals surface area (Å²) in [5.74, 6) is 0.904. The number of nitrogens with one attached hydrogen (secondary N) is 1. The highest BCUT2D eigenvalue weighted by Crippen LogP contribution is 2.38. The lowest BCUT2D eigenvalue weighted by atomic mass is 10.1. The van der Waals surface area contributed by atoms with Gasteiger partial charge < -0.3 is 5.32 Å². The average molecular weight is 348 g/mol. The van der Waals surface area contributed by atoms with Crippen molar-refractivity contribution in [3.05, 3.63) is 26.9 Å². The molecule has 1 atom stereocenters. The maximum atomic E-state index is 4.52. The predicted octanol–water partition coefficient (Wildman–Crippen LogP) is 4.06. The largest absolute Gasteiger partial charge is 0.309 e. The lowest BCUT2D eigenvalue weighted by molar-refractivity contribution is 0.475. The molecule has 1 saturated carbocycles. The summed E-state index contributed by atoms with van der Waals surface area (Å²) >= 11 is 7.03. The summed E-state index contributed by atoms with van der Waals surface area (Å²) in [6, 6.07) is 2.46. The number of hydrogen-bond acceptors (Lipinski definition) is 2. The normalized spacial score (nSPS) is 17.4. The van der Waals surface area contributed by atoms with E-state index in [-0.39, 0.29) is 0 Å². The van der Waals surface area contributed by atoms with E-state index in [4.69, 9.17) is 0 Å². The highest BCUT2D eigenvalue weighted by Gasteiger charge is 2.27. The molecule has 1 N–H and O–H groups in total. The van der Waals surface area contributed by atoms with Crippen LogP contribution in [0.15, 0.2) is 21.2 Å². The zero-order valence-corrected chi connectivity index (χ0v) is 12.5. The fourth-order valence-corrected chi connectivity index (χ4v) is 3.17. The maximum Gasteiger partial charge on any atom is 0.0715 e. The van der Waals surface area contributed by atoms with Crippen LogP contribution in [0.2, 0.25) is 0 Å². The summed E-state index contributed by atoms with van der Waals surface area (Å²) in [6.45, 7) is 3.13. The molecule has 0 amide bonds. The SMILES string of the molecule is CCNC(CC1CC1)c1ncc(Br)cc1Br. The Morgan fingerprint density at radius 2 is 2.25 bits per heavy atom. The second-order valence-corrected chi connectivity index (χ2v) is 6.08. The van der Waals surface area contributed by atoms with Crippen LogP contribution in [-0.2, 0) is 0 Å². The quantitative estimate of drug-likeness (QED) is 0.868. The van der Waals surface area contributed by atoms with Crippen LogP contribution in [0, 0.1) is 5.92 Å². The maximum absolute atomic E-state index is 4.52. The van der Waals surface area contributed by atoms with Gasteiger partial charge in [-0.05, 0) is 56.8 Å². The third kappa shape index (κ3) is 3.28. The number of hydrogen-bond donors (Lipinski definition) is 1. The van der Waals surface area contributed by atoms with E-state index in [9.17, 15) is 0 Å². The molecule has 0 spiro atoms. The standard InChI is InChI=1S/C12H16Br2N2/c1-2-15-11(5-8-3-4-8)12-10(14)6-9(13)7-16-12/h6-8,11,15H,2-5H2,1H3. The Morgan fingerprint density at radius 3 is 2.81 bits per heavy atom. The molecule has 2 rings (SSSR count). The van der Waals surface area contributed by atoms with Crippen LogP contribution in [0.5, 0.6) is 0 Å². The van der Waals surface area contributed by atoms with E-state index in [0.717, 1.165) is 27.1 Å². The summed E-state index contributed by atoms with van der Waals surface area (Å²) in [5, 5.41) is 3.52. The third-order valence-corrected chi connectivity index (χ3v) is 3.95. The number of pyridine rings is 1. The zero-order chi connectivity index (χ0) is 11.5. The second-order valence-electron chi connectivity index (χ2n) is 4.31. The lowest BCUT2D eigenvalue weighted by Gasteiger charge is -2.18. The third-order valence-electron chi connectivity index (χ3n) is 2.88. The molecule has 88 valence electrons. The molecule has 1 aliphatic rings. The fraction of sp³-hybridized carbons (Fsp3) is 0.583. The molecular formula is C12H16Br2N2. The Labute approximate surface area is 113 Å². The van der Waals surface area contributed by atoms with Gasteiger partial charge in [0.05, 0.1) is 11.7 Å². The predicted molar refractivity (Wildman–Crippen MR) is 73.4 cm³/mol. The van der Waals surface area contributed by atoms with Crippen LogP contribution in [0.4, 0.5) is 0 Å². The van der Waals surface area contributed by atoms with Crippen molar-refractivity contribution in [1.82, 2.24) is 10.3 Å². The van der Waals surface area contributed by atoms with E-state index in [0.29, 0.717) is 6.04 Å². The summed E-state index contributed by atoms with van der Waals surface area (Å²) < 4.78 is 2.11. The van der Waals surface area contributed by atoms with Gasteiger partial charge in [-0.25, -0.2) is 0 Å². The van der Waals surface area contributed by atoms with Gasteiger partial charge in [-0.1, -0.05) is 19.8 Å². The van der Waals surface area contributed by atoms with Gasteiger partial charge in [0.1, 0.15) is 0 Å². The van der Waals surface area contributed by atoms with E-state index in [1.54, 1.807) is 0 Å². The van der Waals surface area contributed by atoms with Crippen molar-refractivity contribution in [2.45, 2.75) is 32.2 Å². The van der Waals surface area contributed by atoms with Gasteiger partial charge >= 0.3 is 0 Å². The number of nitrogens with zero attached hydrogens (tertiary/aromatic N) is 1. The first-order valence-corrected chi connectivity index (χ1v) is 7.33. The molecule has 0 aromatic carbocycles. The minimum atomic E-state index is 0.389. The number of aromatic nitrogens is 1. The van der Waals surface area contributed by atoms with Crippen molar-refractivity contribution in [1.29, 1.82) is 0 Å². The lowest BCUT2D eigenvalue weighted by Crippen LogP contribution is -2.22. The Balaban J connectivity index is 2.15. The molecule has 0 aliphatic heterocycles. The van der Waals surface area contributed by atoms with Crippen LogP contribution in [0.3, 0.4) is 0 Å². The topological polar surface area (TPSA) is 24.9 Å². The van der Waals surface area contributed by atoms with E-state index >= 15 is 0 Å². The molecule has 0 radical (unpaired) electrons. The van der Waals surface area contributed by atoms with Crippen LogP contribution >= 0.6 is 31.9 Å². The number of halogens is 2. The molecule has 1 aromatic heterocycles. The van der Waals surface area contributed by atoms with Gasteiger partial charge in [0.2, 0.25) is 0 Å². The molecule has 4 heteroatoms. The highest BCUT2D eigenvalue weighted by atomic mass is 79.9. The molecule has 0 saturated heterocycles. The van der Waals surface area contributed by atoms with Gasteiger partial charge in [0.15, 0.2) is 0 Å². The van der Waals surface area contributed by atoms with Crippen molar-refractivity contribution >= 4 is 31.9 Å². The molecule has 1 aromatic rings. The molecule has 1 fully saturated rings. The van der Waals surface area contributed by atoms with Crippen molar-refractivity contribution in [2.24, 2.45) is 5.92 Å². The zero-order valence-electron chi connectivity index (χ0n) is 9.34. The van der Waals surface area contributed by atoms with Gasteiger partial charge in [-0.3, -0.25) is 4.98 Å². The molecular weight excluding hydrogens is 332 g/mol. The van der Waals surface area contributed by atoms with Crippen LogP contribution in [0.25, 0.3) is 0 Å². The van der Waals surface area contributed by atoms with Gasteiger partial charge in [0, 0.05) is 15.1 Å². The van der Waals surface area contributed by atoms with Gasteiger partial charge in [-0.15, -0.1) is 0 Å². The smallest absolute Gasteiger partial charge is 0.0715 e. The minimum Gasteiger partial charge on any atom is -0.309 e. The summed E-state index contributed by atoms with van der Waals surface area (Å²) in [7, 11) is 0. The van der Waals surface area contributed by atoms with Gasteiger partial charge in [0.25, 0.3) is 0 Å².